The molecular formula is C21H18ClN3O2. The molecule has 136 valence electrons. The largest absolute Gasteiger partial charge is 0.449 e. The molecule has 0 saturated carbocycles. The summed E-state index contributed by atoms with van der Waals surface area (Å²) in [6.07, 6.45) is 3.69. The molecule has 0 fully saturated rings. The fourth-order valence-electron chi connectivity index (χ4n) is 3.03. The third-order valence-corrected chi connectivity index (χ3v) is 4.80. The molecule has 5 nitrogen and oxygen atoms in total. The van der Waals surface area contributed by atoms with E-state index in [0.717, 1.165) is 28.6 Å². The van der Waals surface area contributed by atoms with Gasteiger partial charge in [0.25, 0.3) is 5.91 Å². The second kappa shape index (κ2) is 7.29. The number of nitrogens with zero attached hydrogens (tertiary/aromatic N) is 2. The Balaban J connectivity index is 1.43. The topological polar surface area (TPSA) is 60.1 Å². The lowest BCUT2D eigenvalue weighted by Gasteiger charge is -2.06. The van der Waals surface area contributed by atoms with Gasteiger partial charge in [0.15, 0.2) is 11.3 Å². The van der Waals surface area contributed by atoms with E-state index in [-0.39, 0.29) is 5.91 Å². The van der Waals surface area contributed by atoms with E-state index in [0.29, 0.717) is 22.9 Å². The van der Waals surface area contributed by atoms with Gasteiger partial charge >= 0.3 is 0 Å². The van der Waals surface area contributed by atoms with Crippen LogP contribution < -0.4 is 5.32 Å². The first-order chi connectivity index (χ1) is 13.1. The number of furan rings is 1. The summed E-state index contributed by atoms with van der Waals surface area (Å²) in [5.41, 5.74) is 3.50. The number of para-hydroxylation sites is 1. The number of hydrogen-bond donors (Lipinski definition) is 1. The van der Waals surface area contributed by atoms with Gasteiger partial charge in [-0.1, -0.05) is 48.0 Å². The number of hydrogen-bond acceptors (Lipinski definition) is 3. The van der Waals surface area contributed by atoms with Crippen LogP contribution in [0.25, 0.3) is 11.0 Å². The van der Waals surface area contributed by atoms with Crippen LogP contribution in [0.4, 0.5) is 0 Å². The van der Waals surface area contributed by atoms with Gasteiger partial charge in [-0.15, -0.1) is 0 Å². The Bertz CT molecular complexity index is 1080. The molecule has 0 radical (unpaired) electrons. The highest BCUT2D eigenvalue weighted by Gasteiger charge is 2.18. The second-order valence-corrected chi connectivity index (χ2v) is 6.78. The smallest absolute Gasteiger partial charge is 0.287 e. The Hall–Kier alpha value is -3.05. The van der Waals surface area contributed by atoms with Crippen LogP contribution in [0, 0.1) is 6.92 Å². The highest BCUT2D eigenvalue weighted by atomic mass is 35.5. The summed E-state index contributed by atoms with van der Waals surface area (Å²) in [6.45, 7) is 3.00. The molecule has 2 aromatic carbocycles. The fourth-order valence-corrected chi connectivity index (χ4v) is 3.24. The molecule has 1 amide bonds. The van der Waals surface area contributed by atoms with Crippen molar-refractivity contribution in [2.24, 2.45) is 0 Å². The van der Waals surface area contributed by atoms with Crippen LogP contribution in [-0.4, -0.2) is 15.7 Å². The van der Waals surface area contributed by atoms with Crippen molar-refractivity contribution in [1.82, 2.24) is 15.1 Å². The minimum Gasteiger partial charge on any atom is -0.449 e. The molecule has 4 rings (SSSR count). The number of halogens is 1. The van der Waals surface area contributed by atoms with Gasteiger partial charge in [0.1, 0.15) is 0 Å². The molecule has 0 bridgehead atoms. The van der Waals surface area contributed by atoms with Crippen LogP contribution in [0.2, 0.25) is 5.02 Å². The van der Waals surface area contributed by atoms with Crippen molar-refractivity contribution in [2.45, 2.75) is 20.0 Å². The van der Waals surface area contributed by atoms with Gasteiger partial charge < -0.3 is 9.73 Å². The summed E-state index contributed by atoms with van der Waals surface area (Å²) in [4.78, 5) is 12.5. The normalized spacial score (nSPS) is 11.0. The molecule has 0 spiro atoms. The summed E-state index contributed by atoms with van der Waals surface area (Å²) in [5, 5.41) is 8.47. The zero-order chi connectivity index (χ0) is 18.8. The molecule has 6 heteroatoms. The maximum Gasteiger partial charge on any atom is 0.287 e. The molecule has 0 aliphatic heterocycles. The Kier molecular flexibility index (Phi) is 4.69. The molecular weight excluding hydrogens is 362 g/mol. The summed E-state index contributed by atoms with van der Waals surface area (Å²) in [6, 6.07) is 15.5. The van der Waals surface area contributed by atoms with Crippen molar-refractivity contribution in [3.8, 4) is 0 Å². The molecule has 27 heavy (non-hydrogen) atoms. The minimum absolute atomic E-state index is 0.250. The van der Waals surface area contributed by atoms with Gasteiger partial charge in [-0.2, -0.15) is 5.10 Å². The maximum absolute atomic E-state index is 12.5. The molecule has 4 aromatic rings. The molecule has 1 N–H and O–H groups in total. The number of aromatic nitrogens is 2. The van der Waals surface area contributed by atoms with Gasteiger partial charge in [0.2, 0.25) is 0 Å². The number of benzene rings is 2. The average molecular weight is 380 g/mol. The van der Waals surface area contributed by atoms with E-state index in [9.17, 15) is 4.79 Å². The van der Waals surface area contributed by atoms with Crippen molar-refractivity contribution in [2.75, 3.05) is 0 Å². The molecule has 0 saturated heterocycles. The number of fused-ring (bicyclic) bond motifs is 1. The predicted molar refractivity (Wildman–Crippen MR) is 105 cm³/mol. The summed E-state index contributed by atoms with van der Waals surface area (Å²) in [7, 11) is 0. The summed E-state index contributed by atoms with van der Waals surface area (Å²) >= 11 is 6.15. The van der Waals surface area contributed by atoms with Gasteiger partial charge in [-0.3, -0.25) is 9.48 Å². The van der Waals surface area contributed by atoms with Crippen LogP contribution in [0.3, 0.4) is 0 Å². The number of amides is 1. The lowest BCUT2D eigenvalue weighted by molar-refractivity contribution is 0.0924. The van der Waals surface area contributed by atoms with Crippen LogP contribution >= 0.6 is 11.6 Å². The van der Waals surface area contributed by atoms with Crippen molar-refractivity contribution in [1.29, 1.82) is 0 Å². The van der Waals surface area contributed by atoms with Crippen molar-refractivity contribution in [3.63, 3.8) is 0 Å². The first-order valence-corrected chi connectivity index (χ1v) is 9.00. The molecule has 2 aromatic heterocycles. The minimum atomic E-state index is -0.250. The van der Waals surface area contributed by atoms with Gasteiger partial charge in [-0.05, 0) is 30.2 Å². The Morgan fingerprint density at radius 1 is 1.15 bits per heavy atom. The molecule has 0 unspecified atom stereocenters. The van der Waals surface area contributed by atoms with E-state index >= 15 is 0 Å². The Labute approximate surface area is 161 Å². The first kappa shape index (κ1) is 17.4. The van der Waals surface area contributed by atoms with E-state index < -0.39 is 0 Å². The van der Waals surface area contributed by atoms with Gasteiger partial charge in [0, 0.05) is 29.9 Å². The van der Waals surface area contributed by atoms with Crippen molar-refractivity contribution >= 4 is 28.5 Å². The van der Waals surface area contributed by atoms with E-state index in [1.807, 2.05) is 60.3 Å². The van der Waals surface area contributed by atoms with E-state index in [1.165, 1.54) is 0 Å². The quantitative estimate of drug-likeness (QED) is 0.552. The molecule has 2 heterocycles. The number of carbonyl (C=O) groups excluding carboxylic acids is 1. The average Bonchev–Trinajstić information content (AvgIpc) is 3.30. The first-order valence-electron chi connectivity index (χ1n) is 8.63. The van der Waals surface area contributed by atoms with Crippen LogP contribution in [-0.2, 0) is 13.1 Å². The lowest BCUT2D eigenvalue weighted by atomic mass is 10.1. The summed E-state index contributed by atoms with van der Waals surface area (Å²) < 4.78 is 7.57. The standard InChI is InChI=1S/C21H18ClN3O2/c1-14-17-4-2-5-18(22)20(17)27-19(14)21(26)23-12-15-6-8-16(9-7-15)13-25-11-3-10-24-25/h2-11H,12-13H2,1H3,(H,23,26). The van der Waals surface area contributed by atoms with E-state index in [4.69, 9.17) is 16.0 Å². The number of carbonyl (C=O) groups is 1. The number of rotatable bonds is 5. The Morgan fingerprint density at radius 3 is 2.63 bits per heavy atom. The second-order valence-electron chi connectivity index (χ2n) is 6.38. The molecule has 0 aliphatic rings. The summed E-state index contributed by atoms with van der Waals surface area (Å²) in [5.74, 6) is 0.0498. The monoisotopic (exact) mass is 379 g/mol. The third kappa shape index (κ3) is 3.59. The van der Waals surface area contributed by atoms with Gasteiger partial charge in [-0.25, -0.2) is 0 Å². The fraction of sp³-hybridized carbons (Fsp3) is 0.143. The number of aryl methyl sites for hydroxylation is 1. The van der Waals surface area contributed by atoms with E-state index in [1.54, 1.807) is 12.3 Å². The highest BCUT2D eigenvalue weighted by molar-refractivity contribution is 6.35. The van der Waals surface area contributed by atoms with Gasteiger partial charge in [0.05, 0.1) is 11.6 Å². The van der Waals surface area contributed by atoms with Crippen molar-refractivity contribution < 1.29 is 9.21 Å². The lowest BCUT2D eigenvalue weighted by Crippen LogP contribution is -2.22. The molecule has 0 aliphatic carbocycles. The zero-order valence-electron chi connectivity index (χ0n) is 14.8. The Morgan fingerprint density at radius 2 is 1.93 bits per heavy atom. The maximum atomic E-state index is 12.5. The van der Waals surface area contributed by atoms with Crippen molar-refractivity contribution in [3.05, 3.63) is 88.4 Å². The predicted octanol–water partition coefficient (Wildman–Crippen LogP) is 4.57. The third-order valence-electron chi connectivity index (χ3n) is 4.50. The zero-order valence-corrected chi connectivity index (χ0v) is 15.5. The molecule has 0 atom stereocenters. The van der Waals surface area contributed by atoms with Crippen LogP contribution in [0.15, 0.2) is 65.3 Å². The SMILES string of the molecule is Cc1c(C(=O)NCc2ccc(Cn3cccn3)cc2)oc2c(Cl)cccc12. The van der Waals surface area contributed by atoms with Crippen LogP contribution in [0.1, 0.15) is 27.2 Å². The van der Waals surface area contributed by atoms with E-state index in [2.05, 4.69) is 10.4 Å². The van der Waals surface area contributed by atoms with Crippen LogP contribution in [0.5, 0.6) is 0 Å². The number of nitrogens with one attached hydrogen (secondary N) is 1. The highest BCUT2D eigenvalue weighted by Crippen LogP contribution is 2.30.